The number of hydrogen-bond donors (Lipinski definition) is 0. The molecule has 0 saturated carbocycles. The van der Waals surface area contributed by atoms with E-state index in [0.29, 0.717) is 30.1 Å². The zero-order valence-corrected chi connectivity index (χ0v) is 20.1. The summed E-state index contributed by atoms with van der Waals surface area (Å²) in [7, 11) is 0. The Morgan fingerprint density at radius 2 is 1.73 bits per heavy atom. The second-order valence-corrected chi connectivity index (χ2v) is 9.62. The third kappa shape index (κ3) is 4.67. The molecular formula is C26H28ClN3O3. The van der Waals surface area contributed by atoms with E-state index in [1.54, 1.807) is 28.6 Å². The molecule has 172 valence electrons. The normalized spacial score (nSPS) is 13.5. The van der Waals surface area contributed by atoms with Crippen molar-refractivity contribution in [3.63, 3.8) is 0 Å². The van der Waals surface area contributed by atoms with Crippen LogP contribution in [0.5, 0.6) is 0 Å². The Balaban J connectivity index is 1.66. The van der Waals surface area contributed by atoms with E-state index in [1.807, 2.05) is 36.4 Å². The molecule has 0 spiro atoms. The van der Waals surface area contributed by atoms with Crippen molar-refractivity contribution in [3.8, 4) is 5.69 Å². The van der Waals surface area contributed by atoms with Crippen molar-refractivity contribution in [3.05, 3.63) is 81.6 Å². The molecule has 0 unspecified atom stereocenters. The number of hydrogen-bond acceptors (Lipinski definition) is 4. The molecule has 1 aromatic heterocycles. The SMILES string of the molecule is CCOC(=O)c1nn(-c2ccc(Cl)cc2)c2c1CN(C(=O)c1ccc(C(C)(C)C)cc1)CC2. The molecule has 0 aliphatic carbocycles. The first kappa shape index (κ1) is 23.1. The lowest BCUT2D eigenvalue weighted by Gasteiger charge is -2.28. The highest BCUT2D eigenvalue weighted by Gasteiger charge is 2.31. The van der Waals surface area contributed by atoms with E-state index in [4.69, 9.17) is 16.3 Å². The predicted octanol–water partition coefficient (Wildman–Crippen LogP) is 5.20. The number of nitrogens with zero attached hydrogens (tertiary/aromatic N) is 3. The zero-order chi connectivity index (χ0) is 23.8. The maximum Gasteiger partial charge on any atom is 0.359 e. The summed E-state index contributed by atoms with van der Waals surface area (Å²) in [5.74, 6) is -0.541. The maximum atomic E-state index is 13.3. The fraction of sp³-hybridized carbons (Fsp3) is 0.346. The summed E-state index contributed by atoms with van der Waals surface area (Å²) in [4.78, 5) is 27.7. The van der Waals surface area contributed by atoms with E-state index in [2.05, 4.69) is 25.9 Å². The average Bonchev–Trinajstić information content (AvgIpc) is 3.18. The number of fused-ring (bicyclic) bond motifs is 1. The highest BCUT2D eigenvalue weighted by Crippen LogP contribution is 2.28. The minimum absolute atomic E-state index is 0.0202. The molecule has 3 aromatic rings. The second kappa shape index (κ2) is 9.02. The molecule has 0 saturated heterocycles. The first-order valence-corrected chi connectivity index (χ1v) is 11.5. The molecule has 33 heavy (non-hydrogen) atoms. The van der Waals surface area contributed by atoms with Crippen molar-refractivity contribution >= 4 is 23.5 Å². The van der Waals surface area contributed by atoms with Gasteiger partial charge < -0.3 is 9.64 Å². The second-order valence-electron chi connectivity index (χ2n) is 9.19. The number of esters is 1. The fourth-order valence-electron chi connectivity index (χ4n) is 4.05. The van der Waals surface area contributed by atoms with Gasteiger partial charge in [0.05, 0.1) is 24.5 Å². The molecule has 6 nitrogen and oxygen atoms in total. The van der Waals surface area contributed by atoms with Crippen molar-refractivity contribution in [2.75, 3.05) is 13.2 Å². The average molecular weight is 466 g/mol. The topological polar surface area (TPSA) is 64.4 Å². The summed E-state index contributed by atoms with van der Waals surface area (Å²) in [5, 5.41) is 5.20. The first-order chi connectivity index (χ1) is 15.7. The number of halogens is 1. The Hall–Kier alpha value is -3.12. The molecule has 1 aliphatic heterocycles. The van der Waals surface area contributed by atoms with Crippen LogP contribution in [0.1, 0.15) is 65.4 Å². The molecule has 0 bridgehead atoms. The standard InChI is InChI=1S/C26H28ClN3O3/c1-5-33-25(32)23-21-16-29(24(31)17-6-8-18(9-7-17)26(2,3)4)15-14-22(21)30(28-23)20-12-10-19(27)11-13-20/h6-13H,5,14-16H2,1-4H3. The highest BCUT2D eigenvalue weighted by molar-refractivity contribution is 6.30. The lowest BCUT2D eigenvalue weighted by Crippen LogP contribution is -2.36. The summed E-state index contributed by atoms with van der Waals surface area (Å²) >= 11 is 6.04. The lowest BCUT2D eigenvalue weighted by atomic mass is 9.86. The van der Waals surface area contributed by atoms with Crippen LogP contribution in [0.3, 0.4) is 0 Å². The summed E-state index contributed by atoms with van der Waals surface area (Å²) in [6.07, 6.45) is 0.580. The molecule has 4 rings (SSSR count). The van der Waals surface area contributed by atoms with E-state index in [1.165, 1.54) is 5.56 Å². The van der Waals surface area contributed by atoms with Gasteiger partial charge in [0.15, 0.2) is 5.69 Å². The summed E-state index contributed by atoms with van der Waals surface area (Å²) in [5.41, 5.74) is 4.53. The number of ether oxygens (including phenoxy) is 1. The van der Waals surface area contributed by atoms with Gasteiger partial charge in [-0.1, -0.05) is 44.5 Å². The summed E-state index contributed by atoms with van der Waals surface area (Å²) in [6.45, 7) is 9.29. The van der Waals surface area contributed by atoms with Crippen molar-refractivity contribution in [1.29, 1.82) is 0 Å². The molecule has 1 aliphatic rings. The van der Waals surface area contributed by atoms with E-state index >= 15 is 0 Å². The van der Waals surface area contributed by atoms with E-state index in [9.17, 15) is 9.59 Å². The number of carbonyl (C=O) groups is 2. The summed E-state index contributed by atoms with van der Waals surface area (Å²) < 4.78 is 7.01. The van der Waals surface area contributed by atoms with Crippen LogP contribution < -0.4 is 0 Å². The van der Waals surface area contributed by atoms with Crippen LogP contribution in [0.15, 0.2) is 48.5 Å². The quantitative estimate of drug-likeness (QED) is 0.497. The van der Waals surface area contributed by atoms with Crippen molar-refractivity contribution in [2.24, 2.45) is 0 Å². The third-order valence-corrected chi connectivity index (χ3v) is 6.13. The molecule has 1 amide bonds. The Morgan fingerprint density at radius 3 is 2.33 bits per heavy atom. The van der Waals surface area contributed by atoms with Gasteiger partial charge in [0, 0.05) is 29.1 Å². The van der Waals surface area contributed by atoms with E-state index in [0.717, 1.165) is 16.9 Å². The van der Waals surface area contributed by atoms with Crippen LogP contribution in [-0.2, 0) is 23.1 Å². The van der Waals surface area contributed by atoms with Crippen molar-refractivity contribution in [1.82, 2.24) is 14.7 Å². The van der Waals surface area contributed by atoms with Gasteiger partial charge in [0.25, 0.3) is 5.91 Å². The molecule has 7 heteroatoms. The number of benzene rings is 2. The van der Waals surface area contributed by atoms with Crippen LogP contribution in [0.25, 0.3) is 5.69 Å². The lowest BCUT2D eigenvalue weighted by molar-refractivity contribution is 0.0513. The fourth-order valence-corrected chi connectivity index (χ4v) is 4.17. The van der Waals surface area contributed by atoms with Crippen LogP contribution in [0, 0.1) is 0 Å². The van der Waals surface area contributed by atoms with Gasteiger partial charge in [0.2, 0.25) is 0 Å². The zero-order valence-electron chi connectivity index (χ0n) is 19.4. The highest BCUT2D eigenvalue weighted by atomic mass is 35.5. The number of aromatic nitrogens is 2. The Bertz CT molecular complexity index is 1180. The molecule has 2 heterocycles. The smallest absolute Gasteiger partial charge is 0.359 e. The van der Waals surface area contributed by atoms with Crippen molar-refractivity contribution < 1.29 is 14.3 Å². The Labute approximate surface area is 199 Å². The molecule has 0 radical (unpaired) electrons. The van der Waals surface area contributed by atoms with Gasteiger partial charge in [-0.2, -0.15) is 5.10 Å². The van der Waals surface area contributed by atoms with Gasteiger partial charge in [-0.3, -0.25) is 4.79 Å². The van der Waals surface area contributed by atoms with Gasteiger partial charge in [0.1, 0.15) is 0 Å². The van der Waals surface area contributed by atoms with Gasteiger partial charge in [-0.15, -0.1) is 0 Å². The minimum atomic E-state index is -0.481. The number of amides is 1. The Kier molecular flexibility index (Phi) is 6.30. The van der Waals surface area contributed by atoms with Crippen LogP contribution in [-0.4, -0.2) is 39.7 Å². The van der Waals surface area contributed by atoms with Gasteiger partial charge >= 0.3 is 5.97 Å². The van der Waals surface area contributed by atoms with Crippen molar-refractivity contribution in [2.45, 2.75) is 46.1 Å². The summed E-state index contributed by atoms with van der Waals surface area (Å²) in [6, 6.07) is 15.1. The van der Waals surface area contributed by atoms with Crippen LogP contribution in [0.2, 0.25) is 5.02 Å². The predicted molar refractivity (Wildman–Crippen MR) is 128 cm³/mol. The minimum Gasteiger partial charge on any atom is -0.461 e. The third-order valence-electron chi connectivity index (χ3n) is 5.88. The number of carbonyl (C=O) groups excluding carboxylic acids is 2. The number of rotatable bonds is 4. The van der Waals surface area contributed by atoms with Crippen LogP contribution in [0.4, 0.5) is 0 Å². The van der Waals surface area contributed by atoms with E-state index in [-0.39, 0.29) is 23.6 Å². The van der Waals surface area contributed by atoms with Gasteiger partial charge in [-0.05, 0) is 54.3 Å². The Morgan fingerprint density at radius 1 is 1.06 bits per heavy atom. The molecule has 0 fully saturated rings. The largest absolute Gasteiger partial charge is 0.461 e. The molecule has 0 N–H and O–H groups in total. The van der Waals surface area contributed by atoms with Gasteiger partial charge in [-0.25, -0.2) is 9.48 Å². The maximum absolute atomic E-state index is 13.3. The molecular weight excluding hydrogens is 438 g/mol. The molecule has 2 aromatic carbocycles. The molecule has 0 atom stereocenters. The first-order valence-electron chi connectivity index (χ1n) is 11.1. The van der Waals surface area contributed by atoms with Crippen LogP contribution >= 0.6 is 11.6 Å². The monoisotopic (exact) mass is 465 g/mol. The van der Waals surface area contributed by atoms with E-state index < -0.39 is 5.97 Å².